The van der Waals surface area contributed by atoms with E-state index in [0.717, 1.165) is 32.2 Å². The smallest absolute Gasteiger partial charge is 0.427 e. The summed E-state index contributed by atoms with van der Waals surface area (Å²) in [4.78, 5) is 0. The fourth-order valence-corrected chi connectivity index (χ4v) is 2.30. The van der Waals surface area contributed by atoms with Crippen molar-refractivity contribution in [1.29, 1.82) is 0 Å². The predicted molar refractivity (Wildman–Crippen MR) is 67.1 cm³/mol. The summed E-state index contributed by atoms with van der Waals surface area (Å²) < 4.78 is 0. The topological polar surface area (TPSA) is 78.5 Å². The van der Waals surface area contributed by atoms with E-state index in [-0.39, 0.29) is 6.04 Å². The van der Waals surface area contributed by atoms with Crippen molar-refractivity contribution in [1.82, 2.24) is 5.32 Å². The molecule has 1 aliphatic rings. The second-order valence-corrected chi connectivity index (χ2v) is 4.90. The van der Waals surface area contributed by atoms with Gasteiger partial charge >= 0.3 is 7.12 Å². The van der Waals surface area contributed by atoms with Crippen LogP contribution in [0.4, 0.5) is 0 Å². The number of hydrogen-bond donors (Lipinski definition) is 4. The molecule has 1 fully saturated rings. The van der Waals surface area contributed by atoms with Gasteiger partial charge in [-0.25, -0.2) is 0 Å². The standard InChI is InChI=1S/C11H25BN2O2/c13-10(4-1-2-8-12(15)16)6-7-11-5-3-9-14-11/h10-11,14-16H,1-9,13H2. The second-order valence-electron chi connectivity index (χ2n) is 4.90. The van der Waals surface area contributed by atoms with Gasteiger partial charge in [0.05, 0.1) is 0 Å². The molecule has 0 saturated carbocycles. The Bertz CT molecular complexity index is 175. The van der Waals surface area contributed by atoms with E-state index in [1.54, 1.807) is 0 Å². The van der Waals surface area contributed by atoms with E-state index >= 15 is 0 Å². The van der Waals surface area contributed by atoms with Gasteiger partial charge in [0, 0.05) is 12.1 Å². The van der Waals surface area contributed by atoms with Crippen molar-refractivity contribution in [2.24, 2.45) is 5.73 Å². The molecule has 2 atom stereocenters. The zero-order valence-corrected chi connectivity index (χ0v) is 10.1. The second kappa shape index (κ2) is 8.06. The fourth-order valence-electron chi connectivity index (χ4n) is 2.30. The van der Waals surface area contributed by atoms with Crippen molar-refractivity contribution >= 4 is 7.12 Å². The zero-order valence-electron chi connectivity index (χ0n) is 10.1. The quantitative estimate of drug-likeness (QED) is 0.360. The maximum absolute atomic E-state index is 8.68. The van der Waals surface area contributed by atoms with Crippen molar-refractivity contribution in [3.63, 3.8) is 0 Å². The Labute approximate surface area is 98.8 Å². The summed E-state index contributed by atoms with van der Waals surface area (Å²) in [6.07, 6.45) is 8.18. The van der Waals surface area contributed by atoms with Gasteiger partial charge in [-0.1, -0.05) is 12.8 Å². The molecule has 0 aliphatic carbocycles. The lowest BCUT2D eigenvalue weighted by Crippen LogP contribution is -2.26. The van der Waals surface area contributed by atoms with Gasteiger partial charge in [0.2, 0.25) is 0 Å². The highest BCUT2D eigenvalue weighted by atomic mass is 16.4. The van der Waals surface area contributed by atoms with E-state index in [2.05, 4.69) is 5.32 Å². The maximum Gasteiger partial charge on any atom is 0.451 e. The Kier molecular flexibility index (Phi) is 7.04. The van der Waals surface area contributed by atoms with E-state index in [4.69, 9.17) is 15.8 Å². The first-order valence-electron chi connectivity index (χ1n) is 6.53. The molecule has 5 N–H and O–H groups in total. The first-order chi connectivity index (χ1) is 7.68. The van der Waals surface area contributed by atoms with E-state index in [1.165, 1.54) is 19.3 Å². The summed E-state index contributed by atoms with van der Waals surface area (Å²) >= 11 is 0. The van der Waals surface area contributed by atoms with E-state index in [1.807, 2.05) is 0 Å². The minimum Gasteiger partial charge on any atom is -0.427 e. The molecular weight excluding hydrogens is 203 g/mol. The van der Waals surface area contributed by atoms with Crippen LogP contribution in [0.2, 0.25) is 6.32 Å². The normalized spacial score (nSPS) is 22.3. The van der Waals surface area contributed by atoms with Crippen LogP contribution in [0.3, 0.4) is 0 Å². The van der Waals surface area contributed by atoms with Crippen molar-refractivity contribution in [3.8, 4) is 0 Å². The van der Waals surface area contributed by atoms with Gasteiger partial charge in [0.15, 0.2) is 0 Å². The molecule has 0 bridgehead atoms. The molecular formula is C11H25BN2O2. The average Bonchev–Trinajstić information content (AvgIpc) is 2.74. The molecule has 0 amide bonds. The highest BCUT2D eigenvalue weighted by molar-refractivity contribution is 6.40. The Morgan fingerprint density at radius 1 is 1.31 bits per heavy atom. The molecule has 0 aromatic rings. The van der Waals surface area contributed by atoms with Crippen LogP contribution in [0, 0.1) is 0 Å². The Morgan fingerprint density at radius 3 is 2.75 bits per heavy atom. The molecule has 1 heterocycles. The van der Waals surface area contributed by atoms with Gasteiger partial charge in [-0.05, 0) is 45.0 Å². The molecule has 0 radical (unpaired) electrons. The average molecular weight is 228 g/mol. The lowest BCUT2D eigenvalue weighted by molar-refractivity contribution is 0.399. The lowest BCUT2D eigenvalue weighted by Gasteiger charge is -2.14. The molecule has 0 aromatic carbocycles. The highest BCUT2D eigenvalue weighted by Crippen LogP contribution is 2.14. The first-order valence-corrected chi connectivity index (χ1v) is 6.53. The third-order valence-corrected chi connectivity index (χ3v) is 3.34. The van der Waals surface area contributed by atoms with Crippen molar-refractivity contribution in [3.05, 3.63) is 0 Å². The minimum atomic E-state index is -1.15. The molecule has 4 nitrogen and oxygen atoms in total. The third kappa shape index (κ3) is 6.48. The van der Waals surface area contributed by atoms with Gasteiger partial charge in [-0.2, -0.15) is 0 Å². The Balaban J connectivity index is 1.91. The maximum atomic E-state index is 8.68. The number of unbranched alkanes of at least 4 members (excludes halogenated alkanes) is 1. The molecule has 94 valence electrons. The van der Waals surface area contributed by atoms with Crippen LogP contribution in [0.5, 0.6) is 0 Å². The molecule has 1 rings (SSSR count). The van der Waals surface area contributed by atoms with Gasteiger partial charge in [0.25, 0.3) is 0 Å². The Morgan fingerprint density at radius 2 is 2.12 bits per heavy atom. The number of rotatable bonds is 8. The van der Waals surface area contributed by atoms with Crippen LogP contribution < -0.4 is 11.1 Å². The molecule has 1 saturated heterocycles. The molecule has 2 unspecified atom stereocenters. The van der Waals surface area contributed by atoms with Crippen LogP contribution in [-0.4, -0.2) is 35.8 Å². The summed E-state index contributed by atoms with van der Waals surface area (Å²) in [5.74, 6) is 0. The summed E-state index contributed by atoms with van der Waals surface area (Å²) in [5.41, 5.74) is 6.02. The minimum absolute atomic E-state index is 0.276. The Hall–Kier alpha value is -0.0951. The largest absolute Gasteiger partial charge is 0.451 e. The van der Waals surface area contributed by atoms with Crippen LogP contribution >= 0.6 is 0 Å². The van der Waals surface area contributed by atoms with Gasteiger partial charge in [-0.3, -0.25) is 0 Å². The van der Waals surface area contributed by atoms with Crippen molar-refractivity contribution in [2.45, 2.75) is 63.3 Å². The monoisotopic (exact) mass is 228 g/mol. The highest BCUT2D eigenvalue weighted by Gasteiger charge is 2.15. The fraction of sp³-hybridized carbons (Fsp3) is 1.00. The first kappa shape index (κ1) is 14.0. The summed E-state index contributed by atoms with van der Waals surface area (Å²) in [5, 5.41) is 20.8. The summed E-state index contributed by atoms with van der Waals surface area (Å²) in [6, 6.07) is 0.962. The number of nitrogens with one attached hydrogen (secondary N) is 1. The number of nitrogens with two attached hydrogens (primary N) is 1. The lowest BCUT2D eigenvalue weighted by atomic mass is 9.83. The van der Waals surface area contributed by atoms with Gasteiger partial charge in [0.1, 0.15) is 0 Å². The summed E-state index contributed by atoms with van der Waals surface area (Å²) in [7, 11) is -1.15. The van der Waals surface area contributed by atoms with Crippen LogP contribution in [0.25, 0.3) is 0 Å². The van der Waals surface area contributed by atoms with Gasteiger partial charge < -0.3 is 21.1 Å². The van der Waals surface area contributed by atoms with E-state index in [0.29, 0.717) is 12.4 Å². The summed E-state index contributed by atoms with van der Waals surface area (Å²) in [6.45, 7) is 1.16. The molecule has 0 spiro atoms. The molecule has 0 aromatic heterocycles. The number of hydrogen-bond acceptors (Lipinski definition) is 4. The van der Waals surface area contributed by atoms with Crippen LogP contribution in [-0.2, 0) is 0 Å². The predicted octanol–water partition coefficient (Wildman–Crippen LogP) is 0.489. The third-order valence-electron chi connectivity index (χ3n) is 3.34. The molecule has 16 heavy (non-hydrogen) atoms. The molecule has 1 aliphatic heterocycles. The zero-order chi connectivity index (χ0) is 11.8. The van der Waals surface area contributed by atoms with E-state index in [9.17, 15) is 0 Å². The van der Waals surface area contributed by atoms with Crippen LogP contribution in [0.15, 0.2) is 0 Å². The SMILES string of the molecule is NC(CCCCB(O)O)CCC1CCCN1. The van der Waals surface area contributed by atoms with Crippen molar-refractivity contribution in [2.75, 3.05) is 6.54 Å². The molecule has 5 heteroatoms. The van der Waals surface area contributed by atoms with Crippen LogP contribution in [0.1, 0.15) is 44.9 Å². The van der Waals surface area contributed by atoms with Gasteiger partial charge in [-0.15, -0.1) is 0 Å². The van der Waals surface area contributed by atoms with Crippen molar-refractivity contribution < 1.29 is 10.0 Å². The van der Waals surface area contributed by atoms with E-state index < -0.39 is 7.12 Å².